The second-order valence-corrected chi connectivity index (χ2v) is 5.64. The van der Waals surface area contributed by atoms with Crippen LogP contribution >= 0.6 is 0 Å². The molecule has 2 aliphatic rings. The molecule has 2 aliphatic carbocycles. The molecule has 0 aromatic heterocycles. The summed E-state index contributed by atoms with van der Waals surface area (Å²) in [6.45, 7) is 2.05. The summed E-state index contributed by atoms with van der Waals surface area (Å²) in [4.78, 5) is 12.2. The maximum atomic E-state index is 12.2. The van der Waals surface area contributed by atoms with Crippen LogP contribution in [0.25, 0.3) is 0 Å². The van der Waals surface area contributed by atoms with Crippen LogP contribution in [-0.4, -0.2) is 5.91 Å². The van der Waals surface area contributed by atoms with E-state index in [1.54, 1.807) is 0 Å². The Kier molecular flexibility index (Phi) is 2.65. The Labute approximate surface area is 102 Å². The van der Waals surface area contributed by atoms with Crippen LogP contribution in [0.2, 0.25) is 0 Å². The number of rotatable bonds is 2. The Balaban J connectivity index is 1.68. The number of carbonyl (C=O) groups excluding carboxylic acids is 1. The van der Waals surface area contributed by atoms with Gasteiger partial charge in [0.05, 0.1) is 0 Å². The smallest absolute Gasteiger partial charge is 0.227 e. The quantitative estimate of drug-likeness (QED) is 0.827. The summed E-state index contributed by atoms with van der Waals surface area (Å²) in [5.41, 5.74) is 2.13. The molecule has 1 aromatic rings. The van der Waals surface area contributed by atoms with Crippen LogP contribution in [0, 0.1) is 24.7 Å². The molecule has 2 heteroatoms. The van der Waals surface area contributed by atoms with Crippen molar-refractivity contribution < 1.29 is 4.79 Å². The third-order valence-electron chi connectivity index (χ3n) is 4.36. The van der Waals surface area contributed by atoms with Gasteiger partial charge in [-0.3, -0.25) is 4.79 Å². The minimum absolute atomic E-state index is 0.239. The summed E-state index contributed by atoms with van der Waals surface area (Å²) >= 11 is 0. The number of amides is 1. The molecule has 0 unspecified atom stereocenters. The van der Waals surface area contributed by atoms with Crippen LogP contribution in [0.5, 0.6) is 0 Å². The molecule has 1 amide bonds. The van der Waals surface area contributed by atoms with Gasteiger partial charge in [0, 0.05) is 11.6 Å². The van der Waals surface area contributed by atoms with Gasteiger partial charge >= 0.3 is 0 Å². The van der Waals surface area contributed by atoms with Gasteiger partial charge in [-0.15, -0.1) is 0 Å². The van der Waals surface area contributed by atoms with Crippen molar-refractivity contribution in [3.8, 4) is 0 Å². The fourth-order valence-electron chi connectivity index (χ4n) is 3.52. The lowest BCUT2D eigenvalue weighted by Gasteiger charge is -2.20. The monoisotopic (exact) mass is 229 g/mol. The molecule has 17 heavy (non-hydrogen) atoms. The SMILES string of the molecule is Cc1cccc(NC(=O)[C@@H]2C[C@@H]3CC[C@@H]2C3)c1. The van der Waals surface area contributed by atoms with Crippen molar-refractivity contribution in [2.45, 2.75) is 32.6 Å². The Morgan fingerprint density at radius 1 is 1.29 bits per heavy atom. The number of fused-ring (bicyclic) bond motifs is 2. The Bertz CT molecular complexity index is 440. The number of nitrogens with one attached hydrogen (secondary N) is 1. The summed E-state index contributed by atoms with van der Waals surface area (Å²) in [6.07, 6.45) is 5.00. The van der Waals surface area contributed by atoms with Crippen molar-refractivity contribution in [1.29, 1.82) is 0 Å². The minimum Gasteiger partial charge on any atom is -0.326 e. The lowest BCUT2D eigenvalue weighted by Crippen LogP contribution is -2.27. The third-order valence-corrected chi connectivity index (χ3v) is 4.36. The van der Waals surface area contributed by atoms with Gasteiger partial charge in [0.25, 0.3) is 0 Å². The van der Waals surface area contributed by atoms with E-state index in [0.717, 1.165) is 18.0 Å². The number of hydrogen-bond acceptors (Lipinski definition) is 1. The Morgan fingerprint density at radius 2 is 2.18 bits per heavy atom. The van der Waals surface area contributed by atoms with Crippen molar-refractivity contribution >= 4 is 11.6 Å². The van der Waals surface area contributed by atoms with Gasteiger partial charge in [-0.05, 0) is 55.7 Å². The van der Waals surface area contributed by atoms with E-state index in [0.29, 0.717) is 5.92 Å². The van der Waals surface area contributed by atoms with Crippen LogP contribution in [0.4, 0.5) is 5.69 Å². The molecule has 2 nitrogen and oxygen atoms in total. The summed E-state index contributed by atoms with van der Waals surface area (Å²) in [5.74, 6) is 2.00. The van der Waals surface area contributed by atoms with E-state index < -0.39 is 0 Å². The fraction of sp³-hybridized carbons (Fsp3) is 0.533. The number of carbonyl (C=O) groups is 1. The van der Waals surface area contributed by atoms with Gasteiger partial charge in [-0.2, -0.15) is 0 Å². The zero-order valence-electron chi connectivity index (χ0n) is 10.3. The Hall–Kier alpha value is -1.31. The molecule has 2 bridgehead atoms. The summed E-state index contributed by atoms with van der Waals surface area (Å²) < 4.78 is 0. The highest BCUT2D eigenvalue weighted by Crippen LogP contribution is 2.48. The molecule has 2 saturated carbocycles. The molecule has 0 aliphatic heterocycles. The third kappa shape index (κ3) is 2.08. The fourth-order valence-corrected chi connectivity index (χ4v) is 3.52. The summed E-state index contributed by atoms with van der Waals surface area (Å²) in [5, 5.41) is 3.07. The largest absolute Gasteiger partial charge is 0.326 e. The molecule has 90 valence electrons. The van der Waals surface area contributed by atoms with Crippen LogP contribution in [0.3, 0.4) is 0 Å². The molecule has 1 aromatic carbocycles. The van der Waals surface area contributed by atoms with Crippen molar-refractivity contribution in [3.63, 3.8) is 0 Å². The number of anilines is 1. The van der Waals surface area contributed by atoms with Crippen LogP contribution < -0.4 is 5.32 Å². The molecule has 2 fully saturated rings. The predicted octanol–water partition coefficient (Wildman–Crippen LogP) is 3.37. The first-order chi connectivity index (χ1) is 8.22. The maximum absolute atomic E-state index is 12.2. The zero-order chi connectivity index (χ0) is 11.8. The first kappa shape index (κ1) is 10.8. The van der Waals surface area contributed by atoms with E-state index in [4.69, 9.17) is 0 Å². The first-order valence-electron chi connectivity index (χ1n) is 6.60. The van der Waals surface area contributed by atoms with Crippen LogP contribution in [0.1, 0.15) is 31.2 Å². The van der Waals surface area contributed by atoms with E-state index in [2.05, 4.69) is 5.32 Å². The number of aryl methyl sites for hydroxylation is 1. The standard InChI is InChI=1S/C15H19NO/c1-10-3-2-4-13(7-10)16-15(17)14-9-11-5-6-12(14)8-11/h2-4,7,11-12,14H,5-6,8-9H2,1H3,(H,16,17)/t11-,12-,14-/m1/s1. The van der Waals surface area contributed by atoms with Crippen molar-refractivity contribution in [3.05, 3.63) is 29.8 Å². The average Bonchev–Trinajstić information content (AvgIpc) is 2.90. The van der Waals surface area contributed by atoms with Crippen molar-refractivity contribution in [2.24, 2.45) is 17.8 Å². The maximum Gasteiger partial charge on any atom is 0.227 e. The van der Waals surface area contributed by atoms with E-state index in [-0.39, 0.29) is 11.8 Å². The van der Waals surface area contributed by atoms with E-state index in [1.807, 2.05) is 31.2 Å². The molecular weight excluding hydrogens is 210 g/mol. The molecule has 3 rings (SSSR count). The summed E-state index contributed by atoms with van der Waals surface area (Å²) in [6, 6.07) is 8.04. The van der Waals surface area contributed by atoms with E-state index in [9.17, 15) is 4.79 Å². The second-order valence-electron chi connectivity index (χ2n) is 5.64. The van der Waals surface area contributed by atoms with Gasteiger partial charge < -0.3 is 5.32 Å². The molecule has 3 atom stereocenters. The van der Waals surface area contributed by atoms with E-state index in [1.165, 1.54) is 24.8 Å². The number of hydrogen-bond donors (Lipinski definition) is 1. The highest BCUT2D eigenvalue weighted by Gasteiger charge is 2.42. The van der Waals surface area contributed by atoms with Crippen LogP contribution in [0.15, 0.2) is 24.3 Å². The molecule has 1 N–H and O–H groups in total. The van der Waals surface area contributed by atoms with Gasteiger partial charge in [-0.25, -0.2) is 0 Å². The average molecular weight is 229 g/mol. The first-order valence-corrected chi connectivity index (χ1v) is 6.60. The minimum atomic E-state index is 0.239. The molecular formula is C15H19NO. The highest BCUT2D eigenvalue weighted by atomic mass is 16.1. The summed E-state index contributed by atoms with van der Waals surface area (Å²) in [7, 11) is 0. The lowest BCUT2D eigenvalue weighted by atomic mass is 9.88. The lowest BCUT2D eigenvalue weighted by molar-refractivity contribution is -0.121. The van der Waals surface area contributed by atoms with Crippen molar-refractivity contribution in [2.75, 3.05) is 5.32 Å². The number of benzene rings is 1. The second kappa shape index (κ2) is 4.17. The molecule has 0 spiro atoms. The molecule has 0 heterocycles. The Morgan fingerprint density at radius 3 is 2.82 bits per heavy atom. The van der Waals surface area contributed by atoms with Gasteiger partial charge in [0.15, 0.2) is 0 Å². The zero-order valence-corrected chi connectivity index (χ0v) is 10.3. The molecule has 0 saturated heterocycles. The predicted molar refractivity (Wildman–Crippen MR) is 68.7 cm³/mol. The topological polar surface area (TPSA) is 29.1 Å². The highest BCUT2D eigenvalue weighted by molar-refractivity contribution is 5.93. The van der Waals surface area contributed by atoms with Crippen LogP contribution in [-0.2, 0) is 4.79 Å². The van der Waals surface area contributed by atoms with Gasteiger partial charge in [0.2, 0.25) is 5.91 Å². The normalized spacial score (nSPS) is 30.5. The van der Waals surface area contributed by atoms with Crippen molar-refractivity contribution in [1.82, 2.24) is 0 Å². The van der Waals surface area contributed by atoms with E-state index >= 15 is 0 Å². The van der Waals surface area contributed by atoms with Gasteiger partial charge in [-0.1, -0.05) is 18.6 Å². The van der Waals surface area contributed by atoms with Gasteiger partial charge in [0.1, 0.15) is 0 Å². The molecule has 0 radical (unpaired) electrons.